The number of benzene rings is 2. The predicted octanol–water partition coefficient (Wildman–Crippen LogP) is 4.36. The molecule has 0 fully saturated rings. The lowest BCUT2D eigenvalue weighted by molar-refractivity contribution is -0.122. The number of amides is 1. The van der Waals surface area contributed by atoms with Crippen LogP contribution >= 0.6 is 11.6 Å². The molecule has 2 rings (SSSR count). The standard InChI is InChI=1S/C17H18ClNO2/c1-11-4-9-16(12(2)10-11)21-13(3)17(20)19-15-7-5-14(18)6-8-15/h4-10,13H,1-3H3,(H,19,20)/t13-/m1/s1. The Bertz CT molecular complexity index is 638. The Morgan fingerprint density at radius 1 is 1.14 bits per heavy atom. The summed E-state index contributed by atoms with van der Waals surface area (Å²) in [6.45, 7) is 5.71. The molecular weight excluding hydrogens is 286 g/mol. The summed E-state index contributed by atoms with van der Waals surface area (Å²) < 4.78 is 5.72. The molecule has 0 spiro atoms. The smallest absolute Gasteiger partial charge is 0.265 e. The van der Waals surface area contributed by atoms with Gasteiger partial charge in [-0.25, -0.2) is 0 Å². The van der Waals surface area contributed by atoms with Crippen LogP contribution in [0.2, 0.25) is 5.02 Å². The van der Waals surface area contributed by atoms with Crippen molar-refractivity contribution in [1.82, 2.24) is 0 Å². The Morgan fingerprint density at radius 3 is 2.43 bits per heavy atom. The van der Waals surface area contributed by atoms with Crippen molar-refractivity contribution in [1.29, 1.82) is 0 Å². The van der Waals surface area contributed by atoms with E-state index in [9.17, 15) is 4.79 Å². The van der Waals surface area contributed by atoms with Gasteiger partial charge in [0, 0.05) is 10.7 Å². The summed E-state index contributed by atoms with van der Waals surface area (Å²) in [6, 6.07) is 12.8. The van der Waals surface area contributed by atoms with E-state index in [1.807, 2.05) is 32.0 Å². The van der Waals surface area contributed by atoms with E-state index in [1.165, 1.54) is 0 Å². The van der Waals surface area contributed by atoms with E-state index < -0.39 is 6.10 Å². The van der Waals surface area contributed by atoms with Gasteiger partial charge in [0.1, 0.15) is 5.75 Å². The Hall–Kier alpha value is -2.00. The molecule has 0 bridgehead atoms. The van der Waals surface area contributed by atoms with Crippen LogP contribution in [-0.4, -0.2) is 12.0 Å². The van der Waals surface area contributed by atoms with Crippen molar-refractivity contribution >= 4 is 23.2 Å². The minimum atomic E-state index is -0.581. The first-order chi connectivity index (χ1) is 9.95. The van der Waals surface area contributed by atoms with E-state index >= 15 is 0 Å². The number of carbonyl (C=O) groups excluding carboxylic acids is 1. The topological polar surface area (TPSA) is 38.3 Å². The monoisotopic (exact) mass is 303 g/mol. The third-order valence-electron chi connectivity index (χ3n) is 3.12. The number of anilines is 1. The molecule has 0 radical (unpaired) electrons. The number of rotatable bonds is 4. The largest absolute Gasteiger partial charge is 0.481 e. The fourth-order valence-corrected chi connectivity index (χ4v) is 2.08. The van der Waals surface area contributed by atoms with Gasteiger partial charge in [-0.05, 0) is 56.7 Å². The van der Waals surface area contributed by atoms with Crippen LogP contribution in [0.3, 0.4) is 0 Å². The number of carbonyl (C=O) groups is 1. The number of hydrogen-bond donors (Lipinski definition) is 1. The molecule has 21 heavy (non-hydrogen) atoms. The SMILES string of the molecule is Cc1ccc(O[C@H](C)C(=O)Nc2ccc(Cl)cc2)c(C)c1. The average Bonchev–Trinajstić information content (AvgIpc) is 2.44. The number of aryl methyl sites for hydroxylation is 2. The van der Waals surface area contributed by atoms with Crippen LogP contribution < -0.4 is 10.1 Å². The minimum absolute atomic E-state index is 0.197. The van der Waals surface area contributed by atoms with Gasteiger partial charge in [0.05, 0.1) is 0 Å². The van der Waals surface area contributed by atoms with Crippen LogP contribution in [0.1, 0.15) is 18.1 Å². The zero-order chi connectivity index (χ0) is 15.4. The summed E-state index contributed by atoms with van der Waals surface area (Å²) in [7, 11) is 0. The van der Waals surface area contributed by atoms with Gasteiger partial charge in [-0.1, -0.05) is 29.3 Å². The van der Waals surface area contributed by atoms with Crippen molar-refractivity contribution in [3.8, 4) is 5.75 Å². The average molecular weight is 304 g/mol. The van der Waals surface area contributed by atoms with Gasteiger partial charge in [-0.2, -0.15) is 0 Å². The molecule has 0 heterocycles. The third kappa shape index (κ3) is 4.23. The van der Waals surface area contributed by atoms with Crippen LogP contribution in [0.15, 0.2) is 42.5 Å². The normalized spacial score (nSPS) is 11.8. The predicted molar refractivity (Wildman–Crippen MR) is 86.1 cm³/mol. The third-order valence-corrected chi connectivity index (χ3v) is 3.37. The van der Waals surface area contributed by atoms with Crippen molar-refractivity contribution in [2.75, 3.05) is 5.32 Å². The van der Waals surface area contributed by atoms with Crippen molar-refractivity contribution in [2.24, 2.45) is 0 Å². The van der Waals surface area contributed by atoms with Gasteiger partial charge < -0.3 is 10.1 Å². The molecule has 1 amide bonds. The highest BCUT2D eigenvalue weighted by Gasteiger charge is 2.15. The van der Waals surface area contributed by atoms with Crippen LogP contribution in [0.5, 0.6) is 5.75 Å². The van der Waals surface area contributed by atoms with Crippen molar-refractivity contribution < 1.29 is 9.53 Å². The molecule has 0 aliphatic rings. The van der Waals surface area contributed by atoms with E-state index in [0.717, 1.165) is 16.9 Å². The van der Waals surface area contributed by atoms with E-state index in [0.29, 0.717) is 10.7 Å². The zero-order valence-electron chi connectivity index (χ0n) is 12.3. The highest BCUT2D eigenvalue weighted by atomic mass is 35.5. The Morgan fingerprint density at radius 2 is 1.81 bits per heavy atom. The number of nitrogens with one attached hydrogen (secondary N) is 1. The van der Waals surface area contributed by atoms with Crippen molar-refractivity contribution in [3.63, 3.8) is 0 Å². The van der Waals surface area contributed by atoms with E-state index in [2.05, 4.69) is 5.32 Å². The maximum absolute atomic E-state index is 12.1. The summed E-state index contributed by atoms with van der Waals surface area (Å²) in [6.07, 6.45) is -0.581. The molecule has 1 atom stereocenters. The minimum Gasteiger partial charge on any atom is -0.481 e. The quantitative estimate of drug-likeness (QED) is 0.911. The molecule has 0 saturated carbocycles. The van der Waals surface area contributed by atoms with E-state index in [4.69, 9.17) is 16.3 Å². The molecule has 0 aliphatic heterocycles. The molecule has 2 aromatic rings. The van der Waals surface area contributed by atoms with Crippen LogP contribution in [-0.2, 0) is 4.79 Å². The van der Waals surface area contributed by atoms with Gasteiger partial charge >= 0.3 is 0 Å². The Balaban J connectivity index is 2.00. The van der Waals surface area contributed by atoms with Gasteiger partial charge in [0.2, 0.25) is 0 Å². The lowest BCUT2D eigenvalue weighted by atomic mass is 10.1. The maximum atomic E-state index is 12.1. The molecule has 2 aromatic carbocycles. The molecule has 4 heteroatoms. The first kappa shape index (κ1) is 15.4. The Labute approximate surface area is 129 Å². The van der Waals surface area contributed by atoms with E-state index in [-0.39, 0.29) is 5.91 Å². The second-order valence-electron chi connectivity index (χ2n) is 5.03. The summed E-state index contributed by atoms with van der Waals surface area (Å²) >= 11 is 5.81. The van der Waals surface area contributed by atoms with Crippen molar-refractivity contribution in [2.45, 2.75) is 26.9 Å². The molecule has 0 aliphatic carbocycles. The molecule has 0 unspecified atom stereocenters. The van der Waals surface area contributed by atoms with Gasteiger partial charge in [-0.15, -0.1) is 0 Å². The maximum Gasteiger partial charge on any atom is 0.265 e. The fourth-order valence-electron chi connectivity index (χ4n) is 1.95. The first-order valence-electron chi connectivity index (χ1n) is 6.76. The van der Waals surface area contributed by atoms with E-state index in [1.54, 1.807) is 31.2 Å². The number of ether oxygens (including phenoxy) is 1. The first-order valence-corrected chi connectivity index (χ1v) is 7.14. The number of halogens is 1. The zero-order valence-corrected chi connectivity index (χ0v) is 13.1. The summed E-state index contributed by atoms with van der Waals surface area (Å²) in [5, 5.41) is 3.43. The Kier molecular flexibility index (Phi) is 4.86. The van der Waals surface area contributed by atoms with Gasteiger partial charge in [0.25, 0.3) is 5.91 Å². The van der Waals surface area contributed by atoms with Crippen LogP contribution in [0.25, 0.3) is 0 Å². The summed E-state index contributed by atoms with van der Waals surface area (Å²) in [5.41, 5.74) is 2.87. The molecular formula is C17H18ClNO2. The van der Waals surface area contributed by atoms with Crippen molar-refractivity contribution in [3.05, 3.63) is 58.6 Å². The molecule has 110 valence electrons. The van der Waals surface area contributed by atoms with Gasteiger partial charge in [-0.3, -0.25) is 4.79 Å². The highest BCUT2D eigenvalue weighted by molar-refractivity contribution is 6.30. The molecule has 0 aromatic heterocycles. The highest BCUT2D eigenvalue weighted by Crippen LogP contribution is 2.20. The molecule has 0 saturated heterocycles. The van der Waals surface area contributed by atoms with Crippen LogP contribution in [0.4, 0.5) is 5.69 Å². The molecule has 1 N–H and O–H groups in total. The molecule has 3 nitrogen and oxygen atoms in total. The summed E-state index contributed by atoms with van der Waals surface area (Å²) in [5.74, 6) is 0.525. The van der Waals surface area contributed by atoms with Crippen LogP contribution in [0, 0.1) is 13.8 Å². The van der Waals surface area contributed by atoms with Gasteiger partial charge in [0.15, 0.2) is 6.10 Å². The lowest BCUT2D eigenvalue weighted by Gasteiger charge is -2.16. The lowest BCUT2D eigenvalue weighted by Crippen LogP contribution is -2.30. The summed E-state index contributed by atoms with van der Waals surface area (Å²) in [4.78, 5) is 12.1. The fraction of sp³-hybridized carbons (Fsp3) is 0.235. The number of hydrogen-bond acceptors (Lipinski definition) is 2. The second kappa shape index (κ2) is 6.64. The second-order valence-corrected chi connectivity index (χ2v) is 5.46.